The Labute approximate surface area is 140 Å². The number of benzene rings is 1. The average Bonchev–Trinajstić information content (AvgIpc) is 3.23. The van der Waals surface area contributed by atoms with Crippen molar-refractivity contribution in [1.82, 2.24) is 10.3 Å². The smallest absolute Gasteiger partial charge is 0.194 e. The summed E-state index contributed by atoms with van der Waals surface area (Å²) < 4.78 is 5.90. The molecule has 1 N–H and O–H groups in total. The number of carbonyl (C=O) groups excluding carboxylic acids is 1. The topological polar surface area (TPSA) is 55.1 Å². The van der Waals surface area contributed by atoms with Gasteiger partial charge in [-0.3, -0.25) is 9.78 Å². The molecule has 0 amide bonds. The molecule has 1 fully saturated rings. The third kappa shape index (κ3) is 3.00. The van der Waals surface area contributed by atoms with Crippen LogP contribution in [0.1, 0.15) is 40.6 Å². The lowest BCUT2D eigenvalue weighted by molar-refractivity contribution is 0.103. The summed E-state index contributed by atoms with van der Waals surface area (Å²) in [5.41, 5.74) is 2.69. The monoisotopic (exact) mass is 328 g/mol. The number of halogens is 1. The second-order valence-corrected chi connectivity index (χ2v) is 5.60. The molecule has 4 nitrogen and oxygen atoms in total. The molecule has 2 aromatic heterocycles. The first kappa shape index (κ1) is 15.7. The molecule has 3 heterocycles. The van der Waals surface area contributed by atoms with Gasteiger partial charge in [0.15, 0.2) is 11.4 Å². The molecule has 1 aliphatic rings. The van der Waals surface area contributed by atoms with Gasteiger partial charge in [0.05, 0.1) is 6.04 Å². The van der Waals surface area contributed by atoms with Gasteiger partial charge in [-0.1, -0.05) is 30.3 Å². The minimum Gasteiger partial charge on any atom is -0.458 e. The van der Waals surface area contributed by atoms with Crippen molar-refractivity contribution < 1.29 is 9.21 Å². The summed E-state index contributed by atoms with van der Waals surface area (Å²) in [5.74, 6) is 0.872. The van der Waals surface area contributed by atoms with E-state index >= 15 is 0 Å². The molecule has 3 aromatic rings. The van der Waals surface area contributed by atoms with Gasteiger partial charge in [0.2, 0.25) is 0 Å². The molecule has 0 unspecified atom stereocenters. The molecule has 0 radical (unpaired) electrons. The van der Waals surface area contributed by atoms with E-state index in [0.29, 0.717) is 16.7 Å². The highest BCUT2D eigenvalue weighted by Crippen LogP contribution is 2.28. The highest BCUT2D eigenvalue weighted by atomic mass is 35.5. The molecule has 0 bridgehead atoms. The van der Waals surface area contributed by atoms with E-state index in [-0.39, 0.29) is 24.2 Å². The molecular weight excluding hydrogens is 312 g/mol. The van der Waals surface area contributed by atoms with Crippen LogP contribution >= 0.6 is 12.4 Å². The second kappa shape index (κ2) is 6.52. The number of rotatable bonds is 3. The molecule has 1 saturated heterocycles. The number of hydrogen-bond acceptors (Lipinski definition) is 4. The number of pyridine rings is 1. The SMILES string of the molecule is Cl.O=C(c1ccccc1)c1cnc2cc([C@H]3CCCN3)oc2c1. The van der Waals surface area contributed by atoms with Crippen molar-refractivity contribution in [3.05, 3.63) is 65.5 Å². The Morgan fingerprint density at radius 3 is 2.74 bits per heavy atom. The van der Waals surface area contributed by atoms with E-state index in [1.165, 1.54) is 0 Å². The fourth-order valence-electron chi connectivity index (χ4n) is 2.92. The molecule has 0 saturated carbocycles. The maximum atomic E-state index is 12.5. The fraction of sp³-hybridized carbons (Fsp3) is 0.222. The Morgan fingerprint density at radius 1 is 1.17 bits per heavy atom. The Morgan fingerprint density at radius 2 is 2.00 bits per heavy atom. The largest absolute Gasteiger partial charge is 0.458 e. The number of furan rings is 1. The van der Waals surface area contributed by atoms with Crippen LogP contribution in [0.5, 0.6) is 0 Å². The summed E-state index contributed by atoms with van der Waals surface area (Å²) in [6.45, 7) is 1.02. The van der Waals surface area contributed by atoms with Gasteiger partial charge in [-0.25, -0.2) is 0 Å². The van der Waals surface area contributed by atoms with Crippen molar-refractivity contribution in [1.29, 1.82) is 0 Å². The lowest BCUT2D eigenvalue weighted by Gasteiger charge is -2.04. The first-order valence-electron chi connectivity index (χ1n) is 7.54. The van der Waals surface area contributed by atoms with E-state index in [4.69, 9.17) is 4.42 Å². The van der Waals surface area contributed by atoms with Gasteiger partial charge < -0.3 is 9.73 Å². The van der Waals surface area contributed by atoms with E-state index in [2.05, 4.69) is 10.3 Å². The highest BCUT2D eigenvalue weighted by molar-refractivity contribution is 6.09. The van der Waals surface area contributed by atoms with Gasteiger partial charge in [-0.2, -0.15) is 0 Å². The van der Waals surface area contributed by atoms with Crippen LogP contribution in [-0.4, -0.2) is 17.3 Å². The normalized spacial score (nSPS) is 17.1. The number of ketones is 1. The van der Waals surface area contributed by atoms with Crippen LogP contribution < -0.4 is 5.32 Å². The number of nitrogens with one attached hydrogen (secondary N) is 1. The highest BCUT2D eigenvalue weighted by Gasteiger charge is 2.21. The third-order valence-electron chi connectivity index (χ3n) is 4.09. The van der Waals surface area contributed by atoms with E-state index in [9.17, 15) is 4.79 Å². The minimum atomic E-state index is -0.0352. The number of fused-ring (bicyclic) bond motifs is 1. The summed E-state index contributed by atoms with van der Waals surface area (Å²) in [4.78, 5) is 16.8. The van der Waals surface area contributed by atoms with Crippen LogP contribution in [0.3, 0.4) is 0 Å². The van der Waals surface area contributed by atoms with Crippen molar-refractivity contribution >= 4 is 29.3 Å². The summed E-state index contributed by atoms with van der Waals surface area (Å²) in [6.07, 6.45) is 3.86. The van der Waals surface area contributed by atoms with Crippen molar-refractivity contribution in [3.8, 4) is 0 Å². The van der Waals surface area contributed by atoms with E-state index in [0.717, 1.165) is 30.7 Å². The van der Waals surface area contributed by atoms with E-state index < -0.39 is 0 Å². The summed E-state index contributed by atoms with van der Waals surface area (Å²) >= 11 is 0. The van der Waals surface area contributed by atoms with Gasteiger partial charge in [0, 0.05) is 23.4 Å². The van der Waals surface area contributed by atoms with E-state index in [1.807, 2.05) is 36.4 Å². The zero-order chi connectivity index (χ0) is 14.9. The number of hydrogen-bond donors (Lipinski definition) is 1. The molecule has 1 atom stereocenters. The lowest BCUT2D eigenvalue weighted by atomic mass is 10.1. The minimum absolute atomic E-state index is 0. The summed E-state index contributed by atoms with van der Waals surface area (Å²) in [6, 6.07) is 13.2. The van der Waals surface area contributed by atoms with Gasteiger partial charge in [0.1, 0.15) is 11.3 Å². The van der Waals surface area contributed by atoms with Crippen molar-refractivity contribution in [2.45, 2.75) is 18.9 Å². The van der Waals surface area contributed by atoms with Crippen LogP contribution in [0.25, 0.3) is 11.1 Å². The van der Waals surface area contributed by atoms with Gasteiger partial charge >= 0.3 is 0 Å². The summed E-state index contributed by atoms with van der Waals surface area (Å²) in [7, 11) is 0. The molecule has 4 rings (SSSR count). The first-order chi connectivity index (χ1) is 10.8. The molecule has 23 heavy (non-hydrogen) atoms. The predicted octanol–water partition coefficient (Wildman–Crippen LogP) is 3.91. The molecule has 1 aromatic carbocycles. The third-order valence-corrected chi connectivity index (χ3v) is 4.09. The fourth-order valence-corrected chi connectivity index (χ4v) is 2.92. The van der Waals surface area contributed by atoms with Gasteiger partial charge in [0.25, 0.3) is 0 Å². The number of carbonyl (C=O) groups is 1. The Bertz CT molecular complexity index is 823. The Balaban J connectivity index is 0.00000156. The Kier molecular flexibility index (Phi) is 4.46. The van der Waals surface area contributed by atoms with Crippen LogP contribution in [0.2, 0.25) is 0 Å². The first-order valence-corrected chi connectivity index (χ1v) is 7.54. The lowest BCUT2D eigenvalue weighted by Crippen LogP contribution is -2.11. The summed E-state index contributed by atoms with van der Waals surface area (Å²) in [5, 5.41) is 3.41. The van der Waals surface area contributed by atoms with Crippen molar-refractivity contribution in [3.63, 3.8) is 0 Å². The molecule has 5 heteroatoms. The second-order valence-electron chi connectivity index (χ2n) is 5.60. The van der Waals surface area contributed by atoms with Crippen LogP contribution in [0, 0.1) is 0 Å². The maximum absolute atomic E-state index is 12.5. The number of aromatic nitrogens is 1. The maximum Gasteiger partial charge on any atom is 0.194 e. The average molecular weight is 329 g/mol. The van der Waals surface area contributed by atoms with Crippen molar-refractivity contribution in [2.24, 2.45) is 0 Å². The molecule has 0 spiro atoms. The molecular formula is C18H17ClN2O2. The predicted molar refractivity (Wildman–Crippen MR) is 91.1 cm³/mol. The standard InChI is InChI=1S/C18H16N2O2.ClH/c21-18(12-5-2-1-3-6-12)13-9-16-15(20-11-13)10-17(22-16)14-7-4-8-19-14;/h1-3,5-6,9-11,14,19H,4,7-8H2;1H/t14-;/m1./s1. The van der Waals surface area contributed by atoms with Crippen LogP contribution in [0.15, 0.2) is 53.1 Å². The molecule has 0 aliphatic carbocycles. The van der Waals surface area contributed by atoms with Crippen molar-refractivity contribution in [2.75, 3.05) is 6.54 Å². The molecule has 1 aliphatic heterocycles. The molecule has 118 valence electrons. The van der Waals surface area contributed by atoms with Crippen LogP contribution in [0.4, 0.5) is 0 Å². The Hall–Kier alpha value is -2.17. The van der Waals surface area contributed by atoms with Crippen LogP contribution in [-0.2, 0) is 0 Å². The zero-order valence-corrected chi connectivity index (χ0v) is 13.3. The zero-order valence-electron chi connectivity index (χ0n) is 12.5. The number of nitrogens with zero attached hydrogens (tertiary/aromatic N) is 1. The van der Waals surface area contributed by atoms with Gasteiger partial charge in [-0.05, 0) is 25.5 Å². The van der Waals surface area contributed by atoms with E-state index in [1.54, 1.807) is 12.3 Å². The van der Waals surface area contributed by atoms with Gasteiger partial charge in [-0.15, -0.1) is 12.4 Å². The quantitative estimate of drug-likeness (QED) is 0.741.